The number of rotatable bonds is 6. The van der Waals surface area contributed by atoms with Gasteiger partial charge in [-0.15, -0.1) is 0 Å². The highest BCUT2D eigenvalue weighted by Gasteiger charge is 2.50. The summed E-state index contributed by atoms with van der Waals surface area (Å²) in [6.07, 6.45) is 3.28. The molecule has 2 aromatic heterocycles. The number of hydrogen-bond acceptors (Lipinski definition) is 5. The van der Waals surface area contributed by atoms with E-state index in [-0.39, 0.29) is 11.3 Å². The first-order valence-corrected chi connectivity index (χ1v) is 9.33. The number of nitrogens with zero attached hydrogens (tertiary/aromatic N) is 4. The van der Waals surface area contributed by atoms with Gasteiger partial charge in [-0.1, -0.05) is 28.1 Å². The van der Waals surface area contributed by atoms with Gasteiger partial charge in [0.2, 0.25) is 5.91 Å². The first-order valence-electron chi connectivity index (χ1n) is 8.54. The van der Waals surface area contributed by atoms with E-state index >= 15 is 0 Å². The van der Waals surface area contributed by atoms with Gasteiger partial charge in [-0.3, -0.25) is 4.79 Å². The molecule has 0 aliphatic heterocycles. The number of amides is 1. The molecule has 0 atom stereocenters. The van der Waals surface area contributed by atoms with Crippen LogP contribution in [0, 0.1) is 6.92 Å². The molecule has 1 saturated carbocycles. The Morgan fingerprint density at radius 1 is 1.27 bits per heavy atom. The van der Waals surface area contributed by atoms with Crippen LogP contribution in [0.25, 0.3) is 5.78 Å². The number of carbonyl (C=O) groups is 1. The average molecular weight is 415 g/mol. The molecule has 134 valence electrons. The van der Waals surface area contributed by atoms with Gasteiger partial charge < -0.3 is 10.6 Å². The fraction of sp³-hybridized carbons (Fsp3) is 0.333. The Balaban J connectivity index is 1.35. The number of halogens is 1. The van der Waals surface area contributed by atoms with E-state index in [1.165, 1.54) is 6.33 Å². The van der Waals surface area contributed by atoms with E-state index < -0.39 is 0 Å². The first-order chi connectivity index (χ1) is 12.6. The standard InChI is InChI=1S/C18H19BrN6O/c1-12-10-15(25-17(24-12)22-11-23-25)20-8-9-21-16(26)18(6-7-18)13-2-4-14(19)5-3-13/h2-5,10-11,20H,6-9H2,1H3,(H,21,26). The molecule has 1 fully saturated rings. The van der Waals surface area contributed by atoms with Gasteiger partial charge in [-0.05, 0) is 37.5 Å². The van der Waals surface area contributed by atoms with Crippen LogP contribution in [0.3, 0.4) is 0 Å². The predicted octanol–water partition coefficient (Wildman–Crippen LogP) is 2.46. The van der Waals surface area contributed by atoms with Gasteiger partial charge in [0.15, 0.2) is 0 Å². The molecule has 0 unspecified atom stereocenters. The van der Waals surface area contributed by atoms with Crippen LogP contribution in [0.15, 0.2) is 41.1 Å². The first kappa shape index (κ1) is 17.0. The number of hydrogen-bond donors (Lipinski definition) is 2. The van der Waals surface area contributed by atoms with Crippen LogP contribution >= 0.6 is 15.9 Å². The summed E-state index contributed by atoms with van der Waals surface area (Å²) in [7, 11) is 0. The molecule has 7 nitrogen and oxygen atoms in total. The summed E-state index contributed by atoms with van der Waals surface area (Å²) in [6, 6.07) is 9.93. The van der Waals surface area contributed by atoms with Gasteiger partial charge in [-0.25, -0.2) is 4.98 Å². The highest BCUT2D eigenvalue weighted by atomic mass is 79.9. The molecule has 2 heterocycles. The number of fused-ring (bicyclic) bond motifs is 1. The SMILES string of the molecule is Cc1cc(NCCNC(=O)C2(c3ccc(Br)cc3)CC2)n2ncnc2n1. The summed E-state index contributed by atoms with van der Waals surface area (Å²) in [5.41, 5.74) is 1.59. The highest BCUT2D eigenvalue weighted by Crippen LogP contribution is 2.48. The molecule has 4 rings (SSSR count). The molecular formula is C18H19BrN6O. The van der Waals surface area contributed by atoms with Crippen molar-refractivity contribution in [2.75, 3.05) is 18.4 Å². The van der Waals surface area contributed by atoms with Crippen LogP contribution in [0.1, 0.15) is 24.1 Å². The van der Waals surface area contributed by atoms with E-state index in [2.05, 4.69) is 41.6 Å². The Kier molecular flexibility index (Phi) is 4.36. The Hall–Kier alpha value is -2.48. The lowest BCUT2D eigenvalue weighted by Crippen LogP contribution is -2.37. The Morgan fingerprint density at radius 2 is 2.04 bits per heavy atom. The third-order valence-corrected chi connectivity index (χ3v) is 5.21. The highest BCUT2D eigenvalue weighted by molar-refractivity contribution is 9.10. The van der Waals surface area contributed by atoms with Gasteiger partial charge in [0.1, 0.15) is 12.1 Å². The van der Waals surface area contributed by atoms with Gasteiger partial charge >= 0.3 is 0 Å². The minimum atomic E-state index is -0.354. The van der Waals surface area contributed by atoms with Crippen molar-refractivity contribution >= 4 is 33.4 Å². The van der Waals surface area contributed by atoms with Crippen LogP contribution in [-0.4, -0.2) is 38.6 Å². The summed E-state index contributed by atoms with van der Waals surface area (Å²) in [5.74, 6) is 1.47. The maximum atomic E-state index is 12.7. The molecule has 0 saturated heterocycles. The lowest BCUT2D eigenvalue weighted by atomic mass is 9.95. The molecule has 0 bridgehead atoms. The van der Waals surface area contributed by atoms with Crippen molar-refractivity contribution in [3.63, 3.8) is 0 Å². The largest absolute Gasteiger partial charge is 0.368 e. The van der Waals surface area contributed by atoms with E-state index in [0.717, 1.165) is 34.4 Å². The minimum absolute atomic E-state index is 0.0958. The zero-order chi connectivity index (χ0) is 18.1. The second-order valence-corrected chi connectivity index (χ2v) is 7.44. The molecule has 26 heavy (non-hydrogen) atoms. The van der Waals surface area contributed by atoms with Crippen molar-refractivity contribution in [2.45, 2.75) is 25.2 Å². The average Bonchev–Trinajstić information content (AvgIpc) is 3.30. The molecule has 3 aromatic rings. The Bertz CT molecular complexity index is 948. The zero-order valence-electron chi connectivity index (χ0n) is 14.4. The van der Waals surface area contributed by atoms with Crippen LogP contribution in [0.4, 0.5) is 5.82 Å². The summed E-state index contributed by atoms with van der Waals surface area (Å²) in [6.45, 7) is 3.05. The number of aryl methyl sites for hydroxylation is 1. The molecule has 1 amide bonds. The maximum Gasteiger partial charge on any atom is 0.254 e. The normalized spacial score (nSPS) is 15.0. The molecule has 2 N–H and O–H groups in total. The fourth-order valence-electron chi connectivity index (χ4n) is 3.13. The minimum Gasteiger partial charge on any atom is -0.368 e. The Morgan fingerprint density at radius 3 is 2.77 bits per heavy atom. The van der Waals surface area contributed by atoms with Gasteiger partial charge in [0.25, 0.3) is 5.78 Å². The number of benzene rings is 1. The molecule has 0 radical (unpaired) electrons. The summed E-state index contributed by atoms with van der Waals surface area (Å²) >= 11 is 3.44. The van der Waals surface area contributed by atoms with Gasteiger partial charge in [-0.2, -0.15) is 14.6 Å². The fourth-order valence-corrected chi connectivity index (χ4v) is 3.40. The smallest absolute Gasteiger partial charge is 0.254 e. The molecule has 1 aliphatic carbocycles. The maximum absolute atomic E-state index is 12.7. The van der Waals surface area contributed by atoms with Crippen LogP contribution < -0.4 is 10.6 Å². The summed E-state index contributed by atoms with van der Waals surface area (Å²) in [4.78, 5) is 21.1. The number of carbonyl (C=O) groups excluding carboxylic acids is 1. The van der Waals surface area contributed by atoms with Crippen molar-refractivity contribution in [3.05, 3.63) is 52.4 Å². The van der Waals surface area contributed by atoms with E-state index in [1.54, 1.807) is 4.52 Å². The number of anilines is 1. The van der Waals surface area contributed by atoms with E-state index in [1.807, 2.05) is 37.3 Å². The Labute approximate surface area is 159 Å². The van der Waals surface area contributed by atoms with Crippen molar-refractivity contribution in [3.8, 4) is 0 Å². The van der Waals surface area contributed by atoms with Crippen LogP contribution in [0.2, 0.25) is 0 Å². The van der Waals surface area contributed by atoms with Crippen molar-refractivity contribution in [2.24, 2.45) is 0 Å². The third-order valence-electron chi connectivity index (χ3n) is 4.68. The summed E-state index contributed by atoms with van der Waals surface area (Å²) < 4.78 is 2.67. The van der Waals surface area contributed by atoms with Gasteiger partial charge in [0, 0.05) is 29.3 Å². The monoisotopic (exact) mass is 414 g/mol. The summed E-state index contributed by atoms with van der Waals surface area (Å²) in [5, 5.41) is 10.5. The molecule has 8 heteroatoms. The van der Waals surface area contributed by atoms with Crippen molar-refractivity contribution in [1.82, 2.24) is 24.9 Å². The van der Waals surface area contributed by atoms with Crippen molar-refractivity contribution < 1.29 is 4.79 Å². The molecule has 1 aliphatic rings. The van der Waals surface area contributed by atoms with Crippen LogP contribution in [-0.2, 0) is 10.2 Å². The topological polar surface area (TPSA) is 84.2 Å². The second-order valence-electron chi connectivity index (χ2n) is 6.53. The predicted molar refractivity (Wildman–Crippen MR) is 102 cm³/mol. The van der Waals surface area contributed by atoms with E-state index in [9.17, 15) is 4.79 Å². The van der Waals surface area contributed by atoms with Crippen molar-refractivity contribution in [1.29, 1.82) is 0 Å². The number of aromatic nitrogens is 4. The lowest BCUT2D eigenvalue weighted by Gasteiger charge is -2.16. The van der Waals surface area contributed by atoms with E-state index in [4.69, 9.17) is 0 Å². The number of nitrogens with one attached hydrogen (secondary N) is 2. The van der Waals surface area contributed by atoms with E-state index in [0.29, 0.717) is 18.9 Å². The lowest BCUT2D eigenvalue weighted by molar-refractivity contribution is -0.123. The third kappa shape index (κ3) is 3.16. The molecule has 0 spiro atoms. The quantitative estimate of drug-likeness (QED) is 0.605. The zero-order valence-corrected chi connectivity index (χ0v) is 16.0. The molecular weight excluding hydrogens is 396 g/mol. The van der Waals surface area contributed by atoms with Crippen LogP contribution in [0.5, 0.6) is 0 Å². The van der Waals surface area contributed by atoms with Gasteiger partial charge in [0.05, 0.1) is 5.41 Å². The second kappa shape index (κ2) is 6.68. The molecule has 1 aromatic carbocycles.